The molecule has 2 aromatic carbocycles. The van der Waals surface area contributed by atoms with Crippen LogP contribution in [0.3, 0.4) is 0 Å². The van der Waals surface area contributed by atoms with E-state index in [1.54, 1.807) is 12.1 Å². The number of nitrogens with one attached hydrogen (secondary N) is 2. The van der Waals surface area contributed by atoms with E-state index in [1.165, 1.54) is 30.9 Å². The molecule has 1 heterocycles. The van der Waals surface area contributed by atoms with Crippen LogP contribution in [0, 0.1) is 10.8 Å². The van der Waals surface area contributed by atoms with E-state index >= 15 is 0 Å². The molecular weight excluding hydrogens is 340 g/mol. The quantitative estimate of drug-likeness (QED) is 0.502. The van der Waals surface area contributed by atoms with Gasteiger partial charge in [0.15, 0.2) is 17.3 Å². The van der Waals surface area contributed by atoms with Crippen molar-refractivity contribution in [1.82, 2.24) is 0 Å². The van der Waals surface area contributed by atoms with Crippen LogP contribution in [0.5, 0.6) is 17.2 Å². The van der Waals surface area contributed by atoms with Gasteiger partial charge in [0.2, 0.25) is 0 Å². The molecule has 0 saturated heterocycles. The smallest absolute Gasteiger partial charge is 0.255 e. The van der Waals surface area contributed by atoms with Gasteiger partial charge in [-0.2, -0.15) is 0 Å². The molecule has 0 atom stereocenters. The average molecular weight is 364 g/mol. The van der Waals surface area contributed by atoms with Crippen LogP contribution in [-0.2, 0) is 6.42 Å². The molecule has 0 radical (unpaired) electrons. The second kappa shape index (κ2) is 9.03. The molecule has 0 aromatic heterocycles. The predicted octanol–water partition coefficient (Wildman–Crippen LogP) is 5.15. The first-order valence-electron chi connectivity index (χ1n) is 9.20. The molecule has 2 aromatic rings. The Hall–Kier alpha value is -3.08. The van der Waals surface area contributed by atoms with Crippen molar-refractivity contribution in [2.24, 2.45) is 0 Å². The first-order chi connectivity index (χ1) is 13.2. The lowest BCUT2D eigenvalue weighted by atomic mass is 10.1. The van der Waals surface area contributed by atoms with Crippen LogP contribution >= 0.6 is 0 Å². The summed E-state index contributed by atoms with van der Waals surface area (Å²) in [6, 6.07) is 15.1. The van der Waals surface area contributed by atoms with Crippen molar-refractivity contribution in [1.29, 1.82) is 10.8 Å². The van der Waals surface area contributed by atoms with Crippen molar-refractivity contribution >= 4 is 11.6 Å². The average Bonchev–Trinajstić information content (AvgIpc) is 2.68. The van der Waals surface area contributed by atoms with Gasteiger partial charge in [0, 0.05) is 6.08 Å². The van der Waals surface area contributed by atoms with E-state index in [0.717, 1.165) is 12.2 Å². The highest BCUT2D eigenvalue weighted by Gasteiger charge is 2.21. The van der Waals surface area contributed by atoms with Gasteiger partial charge < -0.3 is 19.6 Å². The number of rotatable bonds is 8. The molecule has 27 heavy (non-hydrogen) atoms. The van der Waals surface area contributed by atoms with Crippen LogP contribution in [-0.4, -0.2) is 18.2 Å². The number of unbranched alkanes of at least 4 members (excludes halogenated alkanes) is 2. The van der Waals surface area contributed by atoms with Gasteiger partial charge in [0.1, 0.15) is 12.4 Å². The number of hydrogen-bond donors (Lipinski definition) is 2. The number of fused-ring (bicyclic) bond motifs is 1. The van der Waals surface area contributed by atoms with Crippen LogP contribution in [0.15, 0.2) is 60.4 Å². The second-order valence-electron chi connectivity index (χ2n) is 6.40. The van der Waals surface area contributed by atoms with E-state index in [2.05, 4.69) is 19.1 Å². The molecule has 5 nitrogen and oxygen atoms in total. The summed E-state index contributed by atoms with van der Waals surface area (Å²) >= 11 is 0. The van der Waals surface area contributed by atoms with Gasteiger partial charge in [-0.25, -0.2) is 0 Å². The first kappa shape index (κ1) is 18.7. The van der Waals surface area contributed by atoms with E-state index in [-0.39, 0.29) is 24.0 Å². The van der Waals surface area contributed by atoms with Crippen molar-refractivity contribution in [3.05, 3.63) is 65.9 Å². The van der Waals surface area contributed by atoms with Crippen LogP contribution in [0.25, 0.3) is 0 Å². The Bertz CT molecular complexity index is 841. The molecule has 0 spiro atoms. The van der Waals surface area contributed by atoms with Gasteiger partial charge in [0.25, 0.3) is 5.90 Å². The minimum Gasteiger partial charge on any atom is -0.487 e. The molecule has 1 aliphatic rings. The lowest BCUT2D eigenvalue weighted by Gasteiger charge is -2.20. The number of para-hydroxylation sites is 2. The Labute approximate surface area is 159 Å². The molecule has 0 aliphatic carbocycles. The Morgan fingerprint density at radius 1 is 1.00 bits per heavy atom. The van der Waals surface area contributed by atoms with Crippen LogP contribution in [0.4, 0.5) is 0 Å². The molecule has 140 valence electrons. The molecule has 0 unspecified atom stereocenters. The Kier molecular flexibility index (Phi) is 6.26. The zero-order valence-electron chi connectivity index (χ0n) is 15.5. The molecule has 3 rings (SSSR count). The first-order valence-corrected chi connectivity index (χ1v) is 9.20. The zero-order valence-corrected chi connectivity index (χ0v) is 15.5. The fourth-order valence-electron chi connectivity index (χ4n) is 2.73. The van der Waals surface area contributed by atoms with Crippen molar-refractivity contribution < 1.29 is 14.2 Å². The van der Waals surface area contributed by atoms with Crippen LogP contribution in [0.1, 0.15) is 31.7 Å². The van der Waals surface area contributed by atoms with Crippen LogP contribution < -0.4 is 14.2 Å². The maximum Gasteiger partial charge on any atom is 0.255 e. The Balaban J connectivity index is 1.53. The van der Waals surface area contributed by atoms with Gasteiger partial charge in [-0.05, 0) is 42.7 Å². The third-order valence-corrected chi connectivity index (χ3v) is 4.20. The Morgan fingerprint density at radius 3 is 2.41 bits per heavy atom. The molecule has 0 fully saturated rings. The highest BCUT2D eigenvalue weighted by Crippen LogP contribution is 2.32. The molecule has 5 heteroatoms. The summed E-state index contributed by atoms with van der Waals surface area (Å²) in [7, 11) is 0. The highest BCUT2D eigenvalue weighted by molar-refractivity contribution is 6.02. The van der Waals surface area contributed by atoms with E-state index in [0.29, 0.717) is 11.5 Å². The number of ether oxygens (including phenoxy) is 3. The summed E-state index contributed by atoms with van der Waals surface area (Å²) in [4.78, 5) is 0. The van der Waals surface area contributed by atoms with Crippen molar-refractivity contribution in [3.63, 3.8) is 0 Å². The molecule has 1 aliphatic heterocycles. The van der Waals surface area contributed by atoms with Crippen molar-refractivity contribution in [2.75, 3.05) is 6.61 Å². The number of aryl methyl sites for hydroxylation is 1. The number of hydrogen-bond acceptors (Lipinski definition) is 5. The van der Waals surface area contributed by atoms with Crippen molar-refractivity contribution in [2.45, 2.75) is 32.6 Å². The zero-order chi connectivity index (χ0) is 19.1. The summed E-state index contributed by atoms with van der Waals surface area (Å²) < 4.78 is 16.7. The minimum absolute atomic E-state index is 0.0942. The summed E-state index contributed by atoms with van der Waals surface area (Å²) in [5.74, 6) is 1.84. The third kappa shape index (κ3) is 5.20. The monoisotopic (exact) mass is 364 g/mol. The summed E-state index contributed by atoms with van der Waals surface area (Å²) in [5.41, 5.74) is 1.50. The van der Waals surface area contributed by atoms with Crippen molar-refractivity contribution in [3.8, 4) is 17.2 Å². The lowest BCUT2D eigenvalue weighted by molar-refractivity contribution is 0.363. The van der Waals surface area contributed by atoms with Gasteiger partial charge in [-0.3, -0.25) is 5.41 Å². The maximum atomic E-state index is 8.07. The molecular formula is C22H24N2O3. The lowest BCUT2D eigenvalue weighted by Crippen LogP contribution is -2.22. The van der Waals surface area contributed by atoms with Gasteiger partial charge >= 0.3 is 0 Å². The fourth-order valence-corrected chi connectivity index (χ4v) is 2.73. The van der Waals surface area contributed by atoms with Gasteiger partial charge in [0.05, 0.1) is 5.71 Å². The largest absolute Gasteiger partial charge is 0.487 e. The number of benzene rings is 2. The maximum absolute atomic E-state index is 8.07. The topological polar surface area (TPSA) is 75.4 Å². The Morgan fingerprint density at radius 2 is 1.70 bits per heavy atom. The predicted molar refractivity (Wildman–Crippen MR) is 106 cm³/mol. The van der Waals surface area contributed by atoms with E-state index in [1.807, 2.05) is 24.3 Å². The summed E-state index contributed by atoms with van der Waals surface area (Å²) in [6.45, 7) is 2.29. The second-order valence-corrected chi connectivity index (χ2v) is 6.40. The standard InChI is InChI=1S/C22H24N2O3/c1-2-3-4-7-16-10-12-18(13-11-16)25-15-17(23)14-21-22(24)27-20-9-6-5-8-19(20)26-21/h5-6,8-14,23-24H,2-4,7,15H2,1H3/b21-14+,23-17?,24-22?. The normalized spacial score (nSPS) is 14.3. The summed E-state index contributed by atoms with van der Waals surface area (Å²) in [5, 5.41) is 16.0. The fraction of sp³-hybridized carbons (Fsp3) is 0.273. The molecule has 0 saturated carbocycles. The van der Waals surface area contributed by atoms with E-state index in [9.17, 15) is 0 Å². The molecule has 2 N–H and O–H groups in total. The van der Waals surface area contributed by atoms with Gasteiger partial charge in [-0.15, -0.1) is 0 Å². The SMILES string of the molecule is CCCCCc1ccc(OCC(=N)/C=C2/Oc3ccccc3OC2=N)cc1. The van der Waals surface area contributed by atoms with E-state index in [4.69, 9.17) is 25.0 Å². The molecule has 0 bridgehead atoms. The van der Waals surface area contributed by atoms with Crippen LogP contribution in [0.2, 0.25) is 0 Å². The minimum atomic E-state index is -0.116. The molecule has 0 amide bonds. The third-order valence-electron chi connectivity index (χ3n) is 4.20. The van der Waals surface area contributed by atoms with E-state index < -0.39 is 0 Å². The van der Waals surface area contributed by atoms with Gasteiger partial charge in [-0.1, -0.05) is 44.0 Å². The summed E-state index contributed by atoms with van der Waals surface area (Å²) in [6.07, 6.45) is 6.20. The highest BCUT2D eigenvalue weighted by atomic mass is 16.6.